The molecule has 1 spiro atoms. The maximum absolute atomic E-state index is 13.8. The number of hydrogen-bond acceptors (Lipinski definition) is 4. The number of para-hydroxylation sites is 1. The lowest BCUT2D eigenvalue weighted by atomic mass is 9.76. The Morgan fingerprint density at radius 1 is 1.10 bits per heavy atom. The molecular formula is C23H23ClN2O4. The molecule has 0 N–H and O–H groups in total. The van der Waals surface area contributed by atoms with Gasteiger partial charge in [0.1, 0.15) is 5.60 Å². The lowest BCUT2D eigenvalue weighted by Gasteiger charge is -2.37. The highest BCUT2D eigenvalue weighted by Crippen LogP contribution is 2.57. The number of ether oxygens (including phenoxy) is 1. The predicted molar refractivity (Wildman–Crippen MR) is 113 cm³/mol. The van der Waals surface area contributed by atoms with Gasteiger partial charge in [-0.3, -0.25) is 9.59 Å². The van der Waals surface area contributed by atoms with Gasteiger partial charge in [-0.05, 0) is 44.5 Å². The summed E-state index contributed by atoms with van der Waals surface area (Å²) < 4.78 is 5.56. The van der Waals surface area contributed by atoms with Crippen molar-refractivity contribution in [3.05, 3.63) is 64.7 Å². The second-order valence-electron chi connectivity index (χ2n) is 8.67. The topological polar surface area (TPSA) is 66.9 Å². The van der Waals surface area contributed by atoms with E-state index in [9.17, 15) is 14.4 Å². The van der Waals surface area contributed by atoms with E-state index in [4.69, 9.17) is 16.3 Å². The highest BCUT2D eigenvalue weighted by Gasteiger charge is 2.67. The maximum Gasteiger partial charge on any atom is 0.418 e. The lowest BCUT2D eigenvalue weighted by molar-refractivity contribution is -0.138. The molecule has 0 bridgehead atoms. The Balaban J connectivity index is 1.96. The van der Waals surface area contributed by atoms with E-state index >= 15 is 0 Å². The largest absolute Gasteiger partial charge is 0.443 e. The average molecular weight is 427 g/mol. The molecule has 0 radical (unpaired) electrons. The van der Waals surface area contributed by atoms with Crippen molar-refractivity contribution in [2.45, 2.75) is 44.2 Å². The van der Waals surface area contributed by atoms with Crippen molar-refractivity contribution in [3.63, 3.8) is 0 Å². The number of rotatable bonds is 1. The number of imide groups is 1. The minimum atomic E-state index is -1.50. The van der Waals surface area contributed by atoms with Gasteiger partial charge in [0.15, 0.2) is 5.54 Å². The van der Waals surface area contributed by atoms with E-state index in [1.807, 2.05) is 18.2 Å². The van der Waals surface area contributed by atoms with Crippen molar-refractivity contribution in [2.75, 3.05) is 11.9 Å². The number of likely N-dealkylation sites (N-methyl/N-ethyl adjacent to an activating group) is 1. The van der Waals surface area contributed by atoms with Gasteiger partial charge in [0.2, 0.25) is 5.91 Å². The summed E-state index contributed by atoms with van der Waals surface area (Å²) in [4.78, 5) is 42.7. The first-order valence-corrected chi connectivity index (χ1v) is 10.1. The quantitative estimate of drug-likeness (QED) is 0.675. The zero-order valence-electron chi connectivity index (χ0n) is 17.3. The third kappa shape index (κ3) is 2.89. The molecule has 3 amide bonds. The van der Waals surface area contributed by atoms with Crippen molar-refractivity contribution in [1.82, 2.24) is 4.90 Å². The molecule has 2 heterocycles. The number of halogens is 1. The highest BCUT2D eigenvalue weighted by molar-refractivity contribution is 6.30. The minimum Gasteiger partial charge on any atom is -0.443 e. The van der Waals surface area contributed by atoms with Crippen LogP contribution in [-0.4, -0.2) is 35.5 Å². The molecule has 7 heteroatoms. The summed E-state index contributed by atoms with van der Waals surface area (Å²) in [6.07, 6.45) is -0.808. The van der Waals surface area contributed by atoms with Gasteiger partial charge in [0.05, 0.1) is 0 Å². The Hall–Kier alpha value is -2.86. The first-order chi connectivity index (χ1) is 14.1. The van der Waals surface area contributed by atoms with Crippen LogP contribution in [-0.2, 0) is 19.9 Å². The van der Waals surface area contributed by atoms with E-state index < -0.39 is 29.1 Å². The van der Waals surface area contributed by atoms with Crippen LogP contribution < -0.4 is 4.90 Å². The van der Waals surface area contributed by atoms with Crippen molar-refractivity contribution in [1.29, 1.82) is 0 Å². The molecule has 6 nitrogen and oxygen atoms in total. The van der Waals surface area contributed by atoms with Crippen molar-refractivity contribution >= 4 is 35.2 Å². The molecule has 0 saturated carbocycles. The molecule has 1 fully saturated rings. The van der Waals surface area contributed by atoms with Gasteiger partial charge in [-0.1, -0.05) is 41.9 Å². The number of amides is 3. The SMILES string of the molecule is CN1C(=O)[C@@]2(c3ccccc31)[C@@H](c1ccc(Cl)cc1)CC(=O)N2C(=O)OC(C)(C)C. The van der Waals surface area contributed by atoms with Crippen LogP contribution in [0.3, 0.4) is 0 Å². The molecule has 0 aromatic heterocycles. The van der Waals surface area contributed by atoms with Crippen molar-refractivity contribution in [3.8, 4) is 0 Å². The fraction of sp³-hybridized carbons (Fsp3) is 0.348. The smallest absolute Gasteiger partial charge is 0.418 e. The zero-order valence-corrected chi connectivity index (χ0v) is 18.1. The van der Waals surface area contributed by atoms with E-state index in [2.05, 4.69) is 0 Å². The second kappa shape index (κ2) is 6.84. The molecule has 2 aliphatic rings. The molecule has 30 heavy (non-hydrogen) atoms. The van der Waals surface area contributed by atoms with Gasteiger partial charge >= 0.3 is 6.09 Å². The first kappa shape index (κ1) is 20.4. The van der Waals surface area contributed by atoms with E-state index in [0.29, 0.717) is 16.3 Å². The number of hydrogen-bond donors (Lipinski definition) is 0. The molecule has 0 aliphatic carbocycles. The van der Waals surface area contributed by atoms with Crippen LogP contribution in [0.15, 0.2) is 48.5 Å². The normalized spacial score (nSPS) is 23.3. The highest BCUT2D eigenvalue weighted by atomic mass is 35.5. The van der Waals surface area contributed by atoms with E-state index in [0.717, 1.165) is 10.5 Å². The number of carbonyl (C=O) groups is 3. The standard InChI is InChI=1S/C23H23ClN2O4/c1-22(2,3)30-21(29)26-19(27)13-17(14-9-11-15(24)12-10-14)23(26)16-7-5-6-8-18(16)25(4)20(23)28/h5-12,17H,13H2,1-4H3/t17-,23-/m1/s1. The molecule has 2 aromatic rings. The molecule has 1 saturated heterocycles. The van der Waals surface area contributed by atoms with Crippen LogP contribution in [0.25, 0.3) is 0 Å². The van der Waals surface area contributed by atoms with E-state index in [1.165, 1.54) is 4.90 Å². The van der Waals surface area contributed by atoms with Crippen LogP contribution in [0.1, 0.15) is 44.2 Å². The monoisotopic (exact) mass is 426 g/mol. The number of nitrogens with zero attached hydrogens (tertiary/aromatic N) is 2. The molecule has 0 unspecified atom stereocenters. The number of anilines is 1. The molecule has 156 valence electrons. The molecule has 2 atom stereocenters. The average Bonchev–Trinajstić information content (AvgIpc) is 3.10. The number of carbonyl (C=O) groups excluding carboxylic acids is 3. The third-order valence-electron chi connectivity index (χ3n) is 5.64. The lowest BCUT2D eigenvalue weighted by Crippen LogP contribution is -2.55. The fourth-order valence-electron chi connectivity index (χ4n) is 4.50. The number of likely N-dealkylation sites (tertiary alicyclic amines) is 1. The second-order valence-corrected chi connectivity index (χ2v) is 9.10. The molecule has 2 aromatic carbocycles. The Labute approximate surface area is 180 Å². The van der Waals surface area contributed by atoms with Crippen LogP contribution in [0, 0.1) is 0 Å². The summed E-state index contributed by atoms with van der Waals surface area (Å²) in [7, 11) is 1.66. The van der Waals surface area contributed by atoms with Crippen molar-refractivity contribution < 1.29 is 19.1 Å². The summed E-state index contributed by atoms with van der Waals surface area (Å²) in [5, 5.41) is 0.552. The summed E-state index contributed by atoms with van der Waals surface area (Å²) in [6.45, 7) is 5.18. The van der Waals surface area contributed by atoms with Gasteiger partial charge in [0.25, 0.3) is 5.91 Å². The minimum absolute atomic E-state index is 0.00872. The van der Waals surface area contributed by atoms with Crippen LogP contribution in [0.4, 0.5) is 10.5 Å². The van der Waals surface area contributed by atoms with Gasteiger partial charge in [-0.15, -0.1) is 0 Å². The molecule has 2 aliphatic heterocycles. The Morgan fingerprint density at radius 2 is 1.73 bits per heavy atom. The summed E-state index contributed by atoms with van der Waals surface area (Å²) in [6, 6.07) is 14.3. The van der Waals surface area contributed by atoms with E-state index in [-0.39, 0.29) is 12.3 Å². The van der Waals surface area contributed by atoms with Crippen LogP contribution in [0.2, 0.25) is 5.02 Å². The zero-order chi connectivity index (χ0) is 21.8. The van der Waals surface area contributed by atoms with Gasteiger partial charge in [-0.2, -0.15) is 0 Å². The number of fused-ring (bicyclic) bond motifs is 2. The third-order valence-corrected chi connectivity index (χ3v) is 5.89. The van der Waals surface area contributed by atoms with Gasteiger partial charge in [-0.25, -0.2) is 9.69 Å². The Bertz CT molecular complexity index is 1040. The Kier molecular flexibility index (Phi) is 4.66. The first-order valence-electron chi connectivity index (χ1n) is 9.76. The number of benzene rings is 2. The van der Waals surface area contributed by atoms with E-state index in [1.54, 1.807) is 58.2 Å². The van der Waals surface area contributed by atoms with Gasteiger partial charge < -0.3 is 9.64 Å². The van der Waals surface area contributed by atoms with Gasteiger partial charge in [0, 0.05) is 35.7 Å². The van der Waals surface area contributed by atoms with Crippen LogP contribution in [0.5, 0.6) is 0 Å². The summed E-state index contributed by atoms with van der Waals surface area (Å²) in [5.74, 6) is -1.34. The fourth-order valence-corrected chi connectivity index (χ4v) is 4.62. The van der Waals surface area contributed by atoms with Crippen LogP contribution >= 0.6 is 11.6 Å². The summed E-state index contributed by atoms with van der Waals surface area (Å²) in [5.41, 5.74) is -0.265. The molecular weight excluding hydrogens is 404 g/mol. The van der Waals surface area contributed by atoms with Crippen molar-refractivity contribution in [2.24, 2.45) is 0 Å². The Morgan fingerprint density at radius 3 is 2.37 bits per heavy atom. The maximum atomic E-state index is 13.8. The predicted octanol–water partition coefficient (Wildman–Crippen LogP) is 4.46. The summed E-state index contributed by atoms with van der Waals surface area (Å²) >= 11 is 6.06. The molecule has 4 rings (SSSR count).